The highest BCUT2D eigenvalue weighted by molar-refractivity contribution is 6.00. The van der Waals surface area contributed by atoms with Crippen molar-refractivity contribution in [3.63, 3.8) is 0 Å². The highest BCUT2D eigenvalue weighted by Crippen LogP contribution is 2.54. The predicted octanol–water partition coefficient (Wildman–Crippen LogP) is 6.48. The standard InChI is InChI=1S/C24H29NO3/c1-14(2)16-10-12-18-21(20(16)23(3,4)5)24(6,7)17-11-9-15(28-8)13-19(17)25(18)22(26)27/h9-13H,1H2,2-8H3,(H,26,27). The van der Waals surface area contributed by atoms with Crippen molar-refractivity contribution in [2.45, 2.75) is 52.4 Å². The van der Waals surface area contributed by atoms with Gasteiger partial charge in [-0.25, -0.2) is 9.69 Å². The van der Waals surface area contributed by atoms with Gasteiger partial charge in [-0.2, -0.15) is 0 Å². The Hall–Kier alpha value is -2.75. The molecular weight excluding hydrogens is 350 g/mol. The van der Waals surface area contributed by atoms with Crippen LogP contribution < -0.4 is 9.64 Å². The number of methoxy groups -OCH3 is 1. The summed E-state index contributed by atoms with van der Waals surface area (Å²) in [5, 5.41) is 10.1. The second kappa shape index (κ2) is 6.40. The summed E-state index contributed by atoms with van der Waals surface area (Å²) in [5.74, 6) is 0.638. The van der Waals surface area contributed by atoms with E-state index in [1.54, 1.807) is 13.2 Å². The number of allylic oxidation sites excluding steroid dienone is 1. The molecule has 1 amide bonds. The molecule has 28 heavy (non-hydrogen) atoms. The van der Waals surface area contributed by atoms with Crippen LogP contribution in [-0.2, 0) is 10.8 Å². The monoisotopic (exact) mass is 379 g/mol. The first kappa shape index (κ1) is 20.0. The van der Waals surface area contributed by atoms with Crippen molar-refractivity contribution in [2.24, 2.45) is 0 Å². The van der Waals surface area contributed by atoms with E-state index in [2.05, 4.69) is 41.2 Å². The SMILES string of the molecule is C=C(C)c1ccc2c(c1C(C)(C)C)C(C)(C)c1ccc(OC)cc1N2C(=O)O. The van der Waals surface area contributed by atoms with E-state index >= 15 is 0 Å². The van der Waals surface area contributed by atoms with Crippen LogP contribution >= 0.6 is 0 Å². The molecule has 0 spiro atoms. The molecule has 148 valence electrons. The summed E-state index contributed by atoms with van der Waals surface area (Å²) >= 11 is 0. The second-order valence-corrected chi connectivity index (χ2v) is 9.04. The highest BCUT2D eigenvalue weighted by atomic mass is 16.5. The Morgan fingerprint density at radius 3 is 2.29 bits per heavy atom. The maximum absolute atomic E-state index is 12.3. The van der Waals surface area contributed by atoms with Gasteiger partial charge in [0.15, 0.2) is 0 Å². The number of carboxylic acid groups (broad SMARTS) is 1. The fourth-order valence-corrected chi connectivity index (χ4v) is 4.37. The Morgan fingerprint density at radius 2 is 1.79 bits per heavy atom. The number of fused-ring (bicyclic) bond motifs is 2. The van der Waals surface area contributed by atoms with Gasteiger partial charge in [0, 0.05) is 11.5 Å². The largest absolute Gasteiger partial charge is 0.497 e. The number of ether oxygens (including phenoxy) is 1. The van der Waals surface area contributed by atoms with Crippen LogP contribution in [0.1, 0.15) is 63.8 Å². The average molecular weight is 380 g/mol. The van der Waals surface area contributed by atoms with E-state index in [9.17, 15) is 9.90 Å². The van der Waals surface area contributed by atoms with Crippen molar-refractivity contribution in [3.05, 3.63) is 59.2 Å². The van der Waals surface area contributed by atoms with E-state index in [0.29, 0.717) is 17.1 Å². The minimum Gasteiger partial charge on any atom is -0.497 e. The van der Waals surface area contributed by atoms with Crippen LogP contribution in [0.15, 0.2) is 36.9 Å². The molecule has 1 aliphatic rings. The Balaban J connectivity index is 2.49. The van der Waals surface area contributed by atoms with E-state index < -0.39 is 6.09 Å². The lowest BCUT2D eigenvalue weighted by atomic mass is 9.66. The van der Waals surface area contributed by atoms with Crippen LogP contribution in [-0.4, -0.2) is 18.3 Å². The van der Waals surface area contributed by atoms with Crippen molar-refractivity contribution < 1.29 is 14.6 Å². The molecule has 2 aromatic rings. The molecule has 0 bridgehead atoms. The predicted molar refractivity (Wildman–Crippen MR) is 115 cm³/mol. The highest BCUT2D eigenvalue weighted by Gasteiger charge is 2.43. The molecule has 1 heterocycles. The molecule has 1 N–H and O–H groups in total. The van der Waals surface area contributed by atoms with Crippen molar-refractivity contribution in [1.29, 1.82) is 0 Å². The Morgan fingerprint density at radius 1 is 1.14 bits per heavy atom. The topological polar surface area (TPSA) is 49.8 Å². The zero-order valence-electron chi connectivity index (χ0n) is 17.8. The normalized spacial score (nSPS) is 14.9. The number of anilines is 2. The van der Waals surface area contributed by atoms with Gasteiger partial charge < -0.3 is 9.84 Å². The van der Waals surface area contributed by atoms with Crippen molar-refractivity contribution >= 4 is 23.0 Å². The summed E-state index contributed by atoms with van der Waals surface area (Å²) in [7, 11) is 1.59. The second-order valence-electron chi connectivity index (χ2n) is 9.04. The lowest BCUT2D eigenvalue weighted by Gasteiger charge is -2.44. The molecule has 2 aromatic carbocycles. The third-order valence-corrected chi connectivity index (χ3v) is 5.57. The molecule has 1 aliphatic heterocycles. The molecule has 0 radical (unpaired) electrons. The van der Waals surface area contributed by atoms with Crippen LogP contribution in [0.25, 0.3) is 5.57 Å². The van der Waals surface area contributed by atoms with Gasteiger partial charge in [-0.15, -0.1) is 0 Å². The Kier molecular flexibility index (Phi) is 4.57. The fourth-order valence-electron chi connectivity index (χ4n) is 4.37. The van der Waals surface area contributed by atoms with E-state index in [1.807, 2.05) is 31.2 Å². The molecule has 0 aliphatic carbocycles. The van der Waals surface area contributed by atoms with Crippen molar-refractivity contribution in [3.8, 4) is 5.75 Å². The molecule has 0 aromatic heterocycles. The van der Waals surface area contributed by atoms with Gasteiger partial charge in [0.25, 0.3) is 0 Å². The van der Waals surface area contributed by atoms with Crippen LogP contribution in [0.2, 0.25) is 0 Å². The molecule has 0 fully saturated rings. The smallest absolute Gasteiger partial charge is 0.416 e. The lowest BCUT2D eigenvalue weighted by Crippen LogP contribution is -2.38. The van der Waals surface area contributed by atoms with Gasteiger partial charge in [0.2, 0.25) is 0 Å². The first-order valence-corrected chi connectivity index (χ1v) is 9.46. The minimum absolute atomic E-state index is 0.176. The summed E-state index contributed by atoms with van der Waals surface area (Å²) in [6, 6.07) is 9.58. The Labute approximate surface area is 167 Å². The molecule has 3 rings (SSSR count). The number of hydrogen-bond acceptors (Lipinski definition) is 2. The van der Waals surface area contributed by atoms with E-state index in [-0.39, 0.29) is 10.8 Å². The van der Waals surface area contributed by atoms with Crippen LogP contribution in [0.3, 0.4) is 0 Å². The molecule has 0 saturated carbocycles. The molecule has 4 heteroatoms. The van der Waals surface area contributed by atoms with Gasteiger partial charge in [-0.05, 0) is 46.7 Å². The van der Waals surface area contributed by atoms with Crippen molar-refractivity contribution in [1.82, 2.24) is 0 Å². The molecular formula is C24H29NO3. The van der Waals surface area contributed by atoms with E-state index in [1.165, 1.54) is 4.90 Å². The Bertz CT molecular complexity index is 980. The summed E-state index contributed by atoms with van der Waals surface area (Å²) in [6.45, 7) is 17.0. The minimum atomic E-state index is -1.01. The molecule has 0 saturated heterocycles. The third-order valence-electron chi connectivity index (χ3n) is 5.57. The van der Waals surface area contributed by atoms with Gasteiger partial charge >= 0.3 is 6.09 Å². The first-order valence-electron chi connectivity index (χ1n) is 9.46. The quantitative estimate of drug-likeness (QED) is 0.649. The maximum Gasteiger partial charge on any atom is 0.416 e. The fraction of sp³-hybridized carbons (Fsp3) is 0.375. The van der Waals surface area contributed by atoms with Gasteiger partial charge in [0.1, 0.15) is 5.75 Å². The number of nitrogens with zero attached hydrogens (tertiary/aromatic N) is 1. The van der Waals surface area contributed by atoms with E-state index in [4.69, 9.17) is 4.74 Å². The van der Waals surface area contributed by atoms with Crippen LogP contribution in [0, 0.1) is 0 Å². The lowest BCUT2D eigenvalue weighted by molar-refractivity contribution is 0.204. The summed E-state index contributed by atoms with van der Waals surface area (Å²) < 4.78 is 5.36. The first-order chi connectivity index (χ1) is 12.9. The van der Waals surface area contributed by atoms with Crippen LogP contribution in [0.4, 0.5) is 16.2 Å². The maximum atomic E-state index is 12.3. The molecule has 0 unspecified atom stereocenters. The number of hydrogen-bond donors (Lipinski definition) is 1. The van der Waals surface area contributed by atoms with Gasteiger partial charge in [0.05, 0.1) is 18.5 Å². The number of rotatable bonds is 2. The van der Waals surface area contributed by atoms with Crippen LogP contribution in [0.5, 0.6) is 5.75 Å². The molecule has 4 nitrogen and oxygen atoms in total. The van der Waals surface area contributed by atoms with Crippen molar-refractivity contribution in [2.75, 3.05) is 12.0 Å². The number of carbonyl (C=O) groups is 1. The summed E-state index contributed by atoms with van der Waals surface area (Å²) in [5.41, 5.74) is 6.01. The van der Waals surface area contributed by atoms with Gasteiger partial charge in [-0.1, -0.05) is 58.9 Å². The zero-order valence-corrected chi connectivity index (χ0v) is 17.8. The van der Waals surface area contributed by atoms with E-state index in [0.717, 1.165) is 27.8 Å². The number of benzene rings is 2. The summed E-state index contributed by atoms with van der Waals surface area (Å²) in [4.78, 5) is 13.7. The summed E-state index contributed by atoms with van der Waals surface area (Å²) in [6.07, 6.45) is -1.01. The average Bonchev–Trinajstić information content (AvgIpc) is 2.59. The third kappa shape index (κ3) is 2.88. The number of amides is 1. The molecule has 0 atom stereocenters. The zero-order chi connectivity index (χ0) is 21.0. The van der Waals surface area contributed by atoms with Gasteiger partial charge in [-0.3, -0.25) is 0 Å².